The maximum Gasteiger partial charge on any atom is 0.340 e. The fourth-order valence-electron chi connectivity index (χ4n) is 1.64. The number of halogens is 2. The van der Waals surface area contributed by atoms with Crippen LogP contribution in [0.15, 0.2) is 12.1 Å². The number of methoxy groups -OCH3 is 1. The number of benzene rings is 1. The molecule has 2 N–H and O–H groups in total. The molecule has 0 aliphatic heterocycles. The van der Waals surface area contributed by atoms with Gasteiger partial charge in [-0.05, 0) is 24.8 Å². The highest BCUT2D eigenvalue weighted by Gasteiger charge is 2.22. The Morgan fingerprint density at radius 1 is 1.30 bits per heavy atom. The molecule has 1 aliphatic carbocycles. The van der Waals surface area contributed by atoms with Crippen molar-refractivity contribution in [2.75, 3.05) is 19.0 Å². The third-order valence-corrected chi connectivity index (χ3v) is 2.96. The first-order valence-electron chi connectivity index (χ1n) is 6.13. The molecule has 1 aromatic carbocycles. The number of carbonyl (C=O) groups excluding carboxylic acids is 2. The molecule has 108 valence electrons. The average Bonchev–Trinajstić information content (AvgIpc) is 3.23. The number of ether oxygens (including phenoxy) is 1. The topological polar surface area (TPSA) is 67.4 Å². The van der Waals surface area contributed by atoms with Crippen LogP contribution in [-0.2, 0) is 4.74 Å². The number of hydrogen-bond donors (Lipinski definition) is 2. The fraction of sp³-hybridized carbons (Fsp3) is 0.385. The predicted molar refractivity (Wildman–Crippen MR) is 67.4 cm³/mol. The van der Waals surface area contributed by atoms with Crippen molar-refractivity contribution in [3.8, 4) is 0 Å². The van der Waals surface area contributed by atoms with Crippen molar-refractivity contribution in [3.63, 3.8) is 0 Å². The van der Waals surface area contributed by atoms with Crippen molar-refractivity contribution in [1.29, 1.82) is 0 Å². The smallest absolute Gasteiger partial charge is 0.340 e. The molecule has 1 fully saturated rings. The minimum absolute atomic E-state index is 0.278. The number of nitrogens with one attached hydrogen (secondary N) is 2. The van der Waals surface area contributed by atoms with Gasteiger partial charge in [0.25, 0.3) is 0 Å². The summed E-state index contributed by atoms with van der Waals surface area (Å²) in [4.78, 5) is 22.8. The van der Waals surface area contributed by atoms with E-state index in [1.165, 1.54) is 0 Å². The van der Waals surface area contributed by atoms with Crippen LogP contribution >= 0.6 is 0 Å². The summed E-state index contributed by atoms with van der Waals surface area (Å²) >= 11 is 0. The van der Waals surface area contributed by atoms with Gasteiger partial charge in [-0.25, -0.2) is 18.4 Å². The van der Waals surface area contributed by atoms with Crippen LogP contribution in [0, 0.1) is 17.6 Å². The minimum Gasteiger partial charge on any atom is -0.465 e. The van der Waals surface area contributed by atoms with Crippen molar-refractivity contribution in [2.24, 2.45) is 5.92 Å². The summed E-state index contributed by atoms with van der Waals surface area (Å²) in [5.41, 5.74) is -0.716. The van der Waals surface area contributed by atoms with Crippen LogP contribution < -0.4 is 10.6 Å². The van der Waals surface area contributed by atoms with Gasteiger partial charge in [0.2, 0.25) is 0 Å². The van der Waals surface area contributed by atoms with Crippen LogP contribution in [0.25, 0.3) is 0 Å². The molecule has 0 heterocycles. The van der Waals surface area contributed by atoms with Gasteiger partial charge in [0.05, 0.1) is 18.4 Å². The van der Waals surface area contributed by atoms with Crippen molar-refractivity contribution < 1.29 is 23.1 Å². The second kappa shape index (κ2) is 5.85. The minimum atomic E-state index is -1.04. The normalized spacial score (nSPS) is 13.8. The molecular weight excluding hydrogens is 270 g/mol. The van der Waals surface area contributed by atoms with Crippen molar-refractivity contribution in [2.45, 2.75) is 12.8 Å². The second-order valence-electron chi connectivity index (χ2n) is 4.58. The van der Waals surface area contributed by atoms with Crippen LogP contribution in [0.2, 0.25) is 0 Å². The van der Waals surface area contributed by atoms with E-state index in [9.17, 15) is 18.4 Å². The van der Waals surface area contributed by atoms with E-state index in [0.717, 1.165) is 26.0 Å². The van der Waals surface area contributed by atoms with Crippen molar-refractivity contribution >= 4 is 17.7 Å². The highest BCUT2D eigenvalue weighted by atomic mass is 19.1. The summed E-state index contributed by atoms with van der Waals surface area (Å²) in [6.07, 6.45) is 2.13. The van der Waals surface area contributed by atoms with E-state index in [0.29, 0.717) is 18.5 Å². The number of anilines is 1. The molecule has 0 atom stereocenters. The third kappa shape index (κ3) is 3.43. The van der Waals surface area contributed by atoms with Gasteiger partial charge in [0.1, 0.15) is 11.6 Å². The molecule has 0 radical (unpaired) electrons. The molecule has 0 unspecified atom stereocenters. The van der Waals surface area contributed by atoms with Crippen LogP contribution in [0.4, 0.5) is 19.3 Å². The van der Waals surface area contributed by atoms with E-state index in [4.69, 9.17) is 0 Å². The summed E-state index contributed by atoms with van der Waals surface area (Å²) in [5.74, 6) is -2.47. The van der Waals surface area contributed by atoms with Crippen LogP contribution in [0.1, 0.15) is 23.2 Å². The monoisotopic (exact) mass is 284 g/mol. The maximum absolute atomic E-state index is 13.5. The van der Waals surface area contributed by atoms with Gasteiger partial charge in [0.15, 0.2) is 0 Å². The zero-order valence-corrected chi connectivity index (χ0v) is 10.8. The zero-order chi connectivity index (χ0) is 14.7. The highest BCUT2D eigenvalue weighted by Crippen LogP contribution is 2.27. The van der Waals surface area contributed by atoms with Crippen LogP contribution in [-0.4, -0.2) is 25.7 Å². The molecule has 20 heavy (non-hydrogen) atoms. The molecule has 1 aromatic rings. The summed E-state index contributed by atoms with van der Waals surface area (Å²) in [6.45, 7) is 0.512. The van der Waals surface area contributed by atoms with E-state index < -0.39 is 29.2 Å². The number of amides is 2. The lowest BCUT2D eigenvalue weighted by Gasteiger charge is -2.10. The Morgan fingerprint density at radius 3 is 2.60 bits per heavy atom. The first kappa shape index (κ1) is 14.2. The quantitative estimate of drug-likeness (QED) is 0.833. The third-order valence-electron chi connectivity index (χ3n) is 2.96. The van der Waals surface area contributed by atoms with E-state index in [1.807, 2.05) is 0 Å². The Kier molecular flexibility index (Phi) is 4.16. The van der Waals surface area contributed by atoms with Gasteiger partial charge in [0, 0.05) is 12.6 Å². The first-order chi connectivity index (χ1) is 9.51. The summed E-state index contributed by atoms with van der Waals surface area (Å²) in [7, 11) is 1.08. The van der Waals surface area contributed by atoms with Crippen LogP contribution in [0.5, 0.6) is 0 Å². The Hall–Kier alpha value is -2.18. The fourth-order valence-corrected chi connectivity index (χ4v) is 1.64. The molecular formula is C13H14F2N2O3. The average molecular weight is 284 g/mol. The van der Waals surface area contributed by atoms with Gasteiger partial charge in [-0.2, -0.15) is 0 Å². The van der Waals surface area contributed by atoms with Gasteiger partial charge < -0.3 is 15.4 Å². The lowest BCUT2D eigenvalue weighted by molar-refractivity contribution is 0.0595. The van der Waals surface area contributed by atoms with Gasteiger partial charge in [-0.1, -0.05) is 0 Å². The largest absolute Gasteiger partial charge is 0.465 e. The number of urea groups is 1. The summed E-state index contributed by atoms with van der Waals surface area (Å²) in [6, 6.07) is 0.842. The van der Waals surface area contributed by atoms with Gasteiger partial charge in [-0.15, -0.1) is 0 Å². The molecule has 2 rings (SSSR count). The number of carbonyl (C=O) groups is 2. The molecule has 5 nitrogen and oxygen atoms in total. The highest BCUT2D eigenvalue weighted by molar-refractivity contribution is 5.94. The molecule has 0 aromatic heterocycles. The Balaban J connectivity index is 2.09. The second-order valence-corrected chi connectivity index (χ2v) is 4.58. The number of rotatable bonds is 4. The lowest BCUT2D eigenvalue weighted by atomic mass is 10.2. The zero-order valence-electron chi connectivity index (χ0n) is 10.8. The molecule has 1 aliphatic rings. The Morgan fingerprint density at radius 2 is 2.00 bits per heavy atom. The summed E-state index contributed by atoms with van der Waals surface area (Å²) < 4.78 is 31.3. The van der Waals surface area contributed by atoms with Crippen molar-refractivity contribution in [3.05, 3.63) is 29.3 Å². The standard InChI is InChI=1S/C13H14F2N2O3/c1-20-12(18)8-4-11(10(15)5-9(8)14)17-13(19)16-6-7-2-3-7/h4-5,7H,2-3,6H2,1H3,(H2,16,17,19). The SMILES string of the molecule is COC(=O)c1cc(NC(=O)NCC2CC2)c(F)cc1F. The molecule has 1 saturated carbocycles. The Bertz CT molecular complexity index is 545. The van der Waals surface area contributed by atoms with Crippen LogP contribution in [0.3, 0.4) is 0 Å². The molecule has 7 heteroatoms. The maximum atomic E-state index is 13.5. The van der Waals surface area contributed by atoms with Crippen molar-refractivity contribution in [1.82, 2.24) is 5.32 Å². The molecule has 2 amide bonds. The summed E-state index contributed by atoms with van der Waals surface area (Å²) in [5, 5.41) is 4.81. The number of hydrogen-bond acceptors (Lipinski definition) is 3. The van der Waals surface area contributed by atoms with Gasteiger partial charge >= 0.3 is 12.0 Å². The number of esters is 1. The molecule has 0 bridgehead atoms. The molecule has 0 spiro atoms. The van der Waals surface area contributed by atoms with Gasteiger partial charge in [-0.3, -0.25) is 0 Å². The first-order valence-corrected chi connectivity index (χ1v) is 6.13. The Labute approximate surface area is 114 Å². The molecule has 0 saturated heterocycles. The lowest BCUT2D eigenvalue weighted by Crippen LogP contribution is -2.30. The van der Waals surface area contributed by atoms with E-state index in [1.54, 1.807) is 0 Å². The van der Waals surface area contributed by atoms with E-state index >= 15 is 0 Å². The van der Waals surface area contributed by atoms with E-state index in [-0.39, 0.29) is 5.69 Å². The van der Waals surface area contributed by atoms with E-state index in [2.05, 4.69) is 15.4 Å². The predicted octanol–water partition coefficient (Wildman–Crippen LogP) is 2.28.